The van der Waals surface area contributed by atoms with Crippen molar-refractivity contribution in [3.63, 3.8) is 0 Å². The van der Waals surface area contributed by atoms with Crippen molar-refractivity contribution >= 4 is 23.6 Å². The molecule has 0 aromatic heterocycles. The summed E-state index contributed by atoms with van der Waals surface area (Å²) in [6.07, 6.45) is 2.79. The molecule has 1 heterocycles. The summed E-state index contributed by atoms with van der Waals surface area (Å²) in [6.45, 7) is 9.42. The Hall–Kier alpha value is -1.49. The fraction of sp³-hybridized carbons (Fsp3) is 0.579. The third kappa shape index (κ3) is 4.12. The number of hydrogen-bond acceptors (Lipinski definition) is 5. The van der Waals surface area contributed by atoms with E-state index in [0.717, 1.165) is 12.3 Å². The van der Waals surface area contributed by atoms with Crippen LogP contribution in [-0.2, 0) is 15.9 Å². The number of rotatable bonds is 6. The minimum atomic E-state index is -0.562. The Morgan fingerprint density at radius 3 is 2.33 bits per heavy atom. The average Bonchev–Trinajstić information content (AvgIpc) is 2.58. The summed E-state index contributed by atoms with van der Waals surface area (Å²) in [6, 6.07) is 10.3. The van der Waals surface area contributed by atoms with E-state index in [1.54, 1.807) is 11.8 Å². The molecule has 0 bridgehead atoms. The minimum Gasteiger partial charge on any atom is -0.480 e. The van der Waals surface area contributed by atoms with Gasteiger partial charge < -0.3 is 9.47 Å². The molecule has 24 heavy (non-hydrogen) atoms. The first kappa shape index (κ1) is 18.8. The highest BCUT2D eigenvalue weighted by atomic mass is 32.2. The zero-order chi connectivity index (χ0) is 17.6. The van der Waals surface area contributed by atoms with Crippen LogP contribution in [0.3, 0.4) is 0 Å². The second-order valence-corrected chi connectivity index (χ2v) is 7.17. The van der Waals surface area contributed by atoms with E-state index in [2.05, 4.69) is 32.2 Å². The smallest absolute Gasteiger partial charge is 0.224 e. The third-order valence-corrected chi connectivity index (χ3v) is 5.05. The molecule has 0 N–H and O–H groups in total. The molecule has 0 saturated carbocycles. The van der Waals surface area contributed by atoms with Crippen molar-refractivity contribution in [3.8, 4) is 0 Å². The van der Waals surface area contributed by atoms with Crippen LogP contribution < -0.4 is 0 Å². The van der Waals surface area contributed by atoms with Crippen LogP contribution in [0.4, 0.5) is 0 Å². The first-order valence-corrected chi connectivity index (χ1v) is 9.81. The summed E-state index contributed by atoms with van der Waals surface area (Å²) < 4.78 is 11.8. The van der Waals surface area contributed by atoms with E-state index in [1.165, 1.54) is 5.56 Å². The van der Waals surface area contributed by atoms with E-state index in [4.69, 9.17) is 19.5 Å². The van der Waals surface area contributed by atoms with Gasteiger partial charge in [0.2, 0.25) is 11.8 Å². The van der Waals surface area contributed by atoms with Gasteiger partial charge in [0.1, 0.15) is 6.04 Å². The fourth-order valence-corrected chi connectivity index (χ4v) is 3.53. The van der Waals surface area contributed by atoms with Crippen LogP contribution in [0.1, 0.15) is 33.3 Å². The van der Waals surface area contributed by atoms with Crippen molar-refractivity contribution in [2.24, 2.45) is 15.9 Å². The van der Waals surface area contributed by atoms with Gasteiger partial charge in [-0.2, -0.15) is 0 Å². The van der Waals surface area contributed by atoms with Crippen LogP contribution in [0.5, 0.6) is 0 Å². The highest BCUT2D eigenvalue weighted by Gasteiger charge is 2.43. The van der Waals surface area contributed by atoms with Crippen LogP contribution in [0.2, 0.25) is 0 Å². The first-order chi connectivity index (χ1) is 11.6. The average molecular weight is 349 g/mol. The van der Waals surface area contributed by atoms with E-state index in [0.29, 0.717) is 25.0 Å². The molecule has 5 heteroatoms. The highest BCUT2D eigenvalue weighted by Crippen LogP contribution is 2.36. The topological polar surface area (TPSA) is 43.2 Å². The summed E-state index contributed by atoms with van der Waals surface area (Å²) >= 11 is 1.66. The maximum atomic E-state index is 5.94. The number of hydrogen-bond donors (Lipinski definition) is 0. The molecule has 0 amide bonds. The molecule has 4 nitrogen and oxygen atoms in total. The van der Waals surface area contributed by atoms with Gasteiger partial charge in [-0.05, 0) is 31.6 Å². The number of nitrogens with zero attached hydrogens (tertiary/aromatic N) is 2. The van der Waals surface area contributed by atoms with Crippen molar-refractivity contribution in [1.29, 1.82) is 0 Å². The number of benzene rings is 1. The van der Waals surface area contributed by atoms with Crippen molar-refractivity contribution in [2.45, 2.75) is 45.0 Å². The molecule has 1 aliphatic heterocycles. The lowest BCUT2D eigenvalue weighted by molar-refractivity contribution is 0.272. The number of ether oxygens (including phenoxy) is 2. The van der Waals surface area contributed by atoms with Gasteiger partial charge in [-0.15, -0.1) is 11.8 Å². The predicted octanol–water partition coefficient (Wildman–Crippen LogP) is 4.20. The summed E-state index contributed by atoms with van der Waals surface area (Å²) in [7, 11) is 0. The van der Waals surface area contributed by atoms with Crippen molar-refractivity contribution in [1.82, 2.24) is 0 Å². The van der Waals surface area contributed by atoms with Gasteiger partial charge in [0.25, 0.3) is 0 Å². The van der Waals surface area contributed by atoms with Crippen molar-refractivity contribution < 1.29 is 9.47 Å². The number of thioether (sulfide) groups is 1. The maximum absolute atomic E-state index is 5.94. The molecule has 1 aliphatic rings. The molecular formula is C19H28N2O2S. The maximum Gasteiger partial charge on any atom is 0.224 e. The summed E-state index contributed by atoms with van der Waals surface area (Å²) in [5.41, 5.74) is 1.21. The van der Waals surface area contributed by atoms with E-state index in [9.17, 15) is 0 Å². The summed E-state index contributed by atoms with van der Waals surface area (Å²) in [4.78, 5) is 9.37. The lowest BCUT2D eigenvalue weighted by atomic mass is 10.00. The highest BCUT2D eigenvalue weighted by molar-refractivity contribution is 8.00. The van der Waals surface area contributed by atoms with Crippen molar-refractivity contribution in [2.75, 3.05) is 19.5 Å². The molecule has 1 aromatic rings. The molecule has 0 saturated heterocycles. The van der Waals surface area contributed by atoms with Gasteiger partial charge in [-0.1, -0.05) is 44.2 Å². The SMILES string of the molecule is CCOC1=N[C@@](Cc2ccccc2)(SC)C(OCC)=N[C@H]1C(C)C. The molecular weight excluding hydrogens is 320 g/mol. The minimum absolute atomic E-state index is 0.0810. The normalized spacial score (nSPS) is 23.7. The van der Waals surface area contributed by atoms with Crippen LogP contribution >= 0.6 is 11.8 Å². The van der Waals surface area contributed by atoms with Gasteiger partial charge >= 0.3 is 0 Å². The van der Waals surface area contributed by atoms with Gasteiger partial charge in [-0.25, -0.2) is 9.98 Å². The third-order valence-electron chi connectivity index (χ3n) is 3.96. The molecule has 132 valence electrons. The molecule has 1 aromatic carbocycles. The zero-order valence-electron chi connectivity index (χ0n) is 15.3. The first-order valence-electron chi connectivity index (χ1n) is 8.59. The zero-order valence-corrected chi connectivity index (χ0v) is 16.1. The molecule has 2 atom stereocenters. The van der Waals surface area contributed by atoms with E-state index in [1.807, 2.05) is 32.0 Å². The summed E-state index contributed by atoms with van der Waals surface area (Å²) in [5, 5.41) is 0. The van der Waals surface area contributed by atoms with Gasteiger partial charge in [0.05, 0.1) is 13.2 Å². The van der Waals surface area contributed by atoms with E-state index in [-0.39, 0.29) is 6.04 Å². The molecule has 0 spiro atoms. The van der Waals surface area contributed by atoms with E-state index < -0.39 is 4.87 Å². The second kappa shape index (κ2) is 8.56. The lowest BCUT2D eigenvalue weighted by Crippen LogP contribution is -2.46. The second-order valence-electron chi connectivity index (χ2n) is 6.09. The largest absolute Gasteiger partial charge is 0.480 e. The Bertz CT molecular complexity index is 586. The molecule has 0 radical (unpaired) electrons. The Morgan fingerprint density at radius 1 is 1.12 bits per heavy atom. The Morgan fingerprint density at radius 2 is 1.79 bits per heavy atom. The number of aliphatic imine (C=N–C) groups is 2. The Kier molecular flexibility index (Phi) is 6.72. The van der Waals surface area contributed by atoms with Gasteiger partial charge in [0, 0.05) is 6.42 Å². The molecule has 0 aliphatic carbocycles. The van der Waals surface area contributed by atoms with Crippen LogP contribution in [0, 0.1) is 5.92 Å². The Balaban J connectivity index is 2.45. The predicted molar refractivity (Wildman–Crippen MR) is 103 cm³/mol. The quantitative estimate of drug-likeness (QED) is 0.774. The van der Waals surface area contributed by atoms with Crippen LogP contribution in [0.25, 0.3) is 0 Å². The van der Waals surface area contributed by atoms with E-state index >= 15 is 0 Å². The standard InChI is InChI=1S/C19H28N2O2S/c1-6-22-17-16(14(3)4)20-18(23-7-2)19(21-17,24-5)13-15-11-9-8-10-12-15/h8-12,14,16H,6-7,13H2,1-5H3/t16-,19-/m0/s1. The molecule has 0 unspecified atom stereocenters. The van der Waals surface area contributed by atoms with Gasteiger partial charge in [-0.3, -0.25) is 0 Å². The fourth-order valence-electron chi connectivity index (χ4n) is 2.75. The lowest BCUT2D eigenvalue weighted by Gasteiger charge is -2.35. The van der Waals surface area contributed by atoms with Crippen LogP contribution in [0.15, 0.2) is 40.3 Å². The Labute approximate surface area is 149 Å². The monoisotopic (exact) mass is 348 g/mol. The van der Waals surface area contributed by atoms with Gasteiger partial charge in [0.15, 0.2) is 4.87 Å². The van der Waals surface area contributed by atoms with Crippen LogP contribution in [-0.4, -0.2) is 42.2 Å². The summed E-state index contributed by atoms with van der Waals surface area (Å²) in [5.74, 6) is 1.74. The van der Waals surface area contributed by atoms with Crippen molar-refractivity contribution in [3.05, 3.63) is 35.9 Å². The molecule has 0 fully saturated rings. The molecule has 2 rings (SSSR count).